The minimum Gasteiger partial charge on any atom is -0.379 e. The van der Waals surface area contributed by atoms with Crippen molar-refractivity contribution in [3.05, 3.63) is 6.92 Å². The van der Waals surface area contributed by atoms with Crippen LogP contribution in [0.3, 0.4) is 0 Å². The van der Waals surface area contributed by atoms with E-state index in [0.717, 1.165) is 26.2 Å². The maximum absolute atomic E-state index is 5.12. The SMILES string of the molecule is [CH2]CCOC[C@H]1CO1. The van der Waals surface area contributed by atoms with E-state index in [-0.39, 0.29) is 0 Å². The van der Waals surface area contributed by atoms with E-state index >= 15 is 0 Å². The fraction of sp³-hybridized carbons (Fsp3) is 0.833. The van der Waals surface area contributed by atoms with E-state index in [1.54, 1.807) is 0 Å². The maximum atomic E-state index is 5.12. The standard InChI is InChI=1S/C6H11O2/c1-2-3-7-4-6-5-8-6/h6H,1-5H2/t6-/m0/s1. The van der Waals surface area contributed by atoms with Crippen molar-refractivity contribution in [2.75, 3.05) is 19.8 Å². The molecule has 0 spiro atoms. The summed E-state index contributed by atoms with van der Waals surface area (Å²) in [6.07, 6.45) is 1.26. The van der Waals surface area contributed by atoms with Gasteiger partial charge in [0.2, 0.25) is 0 Å². The van der Waals surface area contributed by atoms with Gasteiger partial charge in [0.25, 0.3) is 0 Å². The topological polar surface area (TPSA) is 21.8 Å². The average Bonchev–Trinajstić information content (AvgIpc) is 2.51. The minimum atomic E-state index is 0.404. The minimum absolute atomic E-state index is 0.404. The van der Waals surface area contributed by atoms with Crippen LogP contribution in [-0.4, -0.2) is 25.9 Å². The number of ether oxygens (including phenoxy) is 2. The molecule has 1 aliphatic rings. The third kappa shape index (κ3) is 2.28. The Hall–Kier alpha value is -0.0800. The Balaban J connectivity index is 1.74. The molecule has 2 nitrogen and oxygen atoms in total. The second-order valence-corrected chi connectivity index (χ2v) is 1.88. The highest BCUT2D eigenvalue weighted by atomic mass is 16.6. The van der Waals surface area contributed by atoms with Crippen LogP contribution >= 0.6 is 0 Å². The van der Waals surface area contributed by atoms with Crippen LogP contribution in [0.2, 0.25) is 0 Å². The first-order valence-corrected chi connectivity index (χ1v) is 2.92. The van der Waals surface area contributed by atoms with Gasteiger partial charge in [-0.2, -0.15) is 0 Å². The van der Waals surface area contributed by atoms with Crippen molar-refractivity contribution in [1.82, 2.24) is 0 Å². The summed E-state index contributed by atoms with van der Waals surface area (Å²) in [5, 5.41) is 0. The summed E-state index contributed by atoms with van der Waals surface area (Å²) in [4.78, 5) is 0. The van der Waals surface area contributed by atoms with Gasteiger partial charge in [0.05, 0.1) is 13.2 Å². The second-order valence-electron chi connectivity index (χ2n) is 1.88. The van der Waals surface area contributed by atoms with E-state index in [2.05, 4.69) is 6.92 Å². The van der Waals surface area contributed by atoms with Crippen LogP contribution in [0.4, 0.5) is 0 Å². The molecule has 0 amide bonds. The van der Waals surface area contributed by atoms with Gasteiger partial charge in [0.15, 0.2) is 0 Å². The van der Waals surface area contributed by atoms with E-state index in [4.69, 9.17) is 9.47 Å². The summed E-state index contributed by atoms with van der Waals surface area (Å²) in [5.41, 5.74) is 0. The molecule has 1 radical (unpaired) electrons. The summed E-state index contributed by atoms with van der Waals surface area (Å²) >= 11 is 0. The van der Waals surface area contributed by atoms with Gasteiger partial charge in [0, 0.05) is 6.61 Å². The predicted octanol–water partition coefficient (Wildman–Crippen LogP) is 0.626. The van der Waals surface area contributed by atoms with Crippen molar-refractivity contribution in [2.24, 2.45) is 0 Å². The van der Waals surface area contributed by atoms with Crippen molar-refractivity contribution >= 4 is 0 Å². The molecular formula is C6H11O2. The molecule has 8 heavy (non-hydrogen) atoms. The lowest BCUT2D eigenvalue weighted by molar-refractivity contribution is 0.120. The Morgan fingerprint density at radius 3 is 3.00 bits per heavy atom. The molecule has 0 aromatic heterocycles. The Labute approximate surface area is 49.8 Å². The van der Waals surface area contributed by atoms with Gasteiger partial charge in [0.1, 0.15) is 6.10 Å². The lowest BCUT2D eigenvalue weighted by atomic mass is 10.5. The molecule has 0 bridgehead atoms. The zero-order valence-corrected chi connectivity index (χ0v) is 4.93. The Morgan fingerprint density at radius 2 is 2.50 bits per heavy atom. The second kappa shape index (κ2) is 3.05. The molecule has 1 saturated heterocycles. The van der Waals surface area contributed by atoms with Crippen molar-refractivity contribution in [3.63, 3.8) is 0 Å². The van der Waals surface area contributed by atoms with Crippen molar-refractivity contribution in [2.45, 2.75) is 12.5 Å². The van der Waals surface area contributed by atoms with Gasteiger partial charge in [-0.05, 0) is 6.42 Å². The van der Waals surface area contributed by atoms with Crippen LogP contribution in [-0.2, 0) is 9.47 Å². The lowest BCUT2D eigenvalue weighted by Gasteiger charge is -1.95. The molecule has 1 rings (SSSR count). The molecule has 1 aliphatic heterocycles. The van der Waals surface area contributed by atoms with E-state index in [9.17, 15) is 0 Å². The summed E-state index contributed by atoms with van der Waals surface area (Å²) in [5.74, 6) is 0. The van der Waals surface area contributed by atoms with Crippen LogP contribution in [0, 0.1) is 6.92 Å². The normalized spacial score (nSPS) is 25.9. The average molecular weight is 115 g/mol. The molecular weight excluding hydrogens is 104 g/mol. The van der Waals surface area contributed by atoms with Crippen molar-refractivity contribution in [3.8, 4) is 0 Å². The molecule has 2 heteroatoms. The van der Waals surface area contributed by atoms with Crippen molar-refractivity contribution in [1.29, 1.82) is 0 Å². The first kappa shape index (κ1) is 6.05. The van der Waals surface area contributed by atoms with Crippen LogP contribution in [0.1, 0.15) is 6.42 Å². The van der Waals surface area contributed by atoms with Gasteiger partial charge in [-0.15, -0.1) is 0 Å². The highest BCUT2D eigenvalue weighted by molar-refractivity contribution is 4.66. The first-order chi connectivity index (χ1) is 3.93. The third-order valence-electron chi connectivity index (χ3n) is 0.995. The zero-order valence-electron chi connectivity index (χ0n) is 4.93. The van der Waals surface area contributed by atoms with E-state index < -0.39 is 0 Å². The van der Waals surface area contributed by atoms with Gasteiger partial charge in [-0.25, -0.2) is 0 Å². The summed E-state index contributed by atoms with van der Waals surface area (Å²) in [6.45, 7) is 6.05. The summed E-state index contributed by atoms with van der Waals surface area (Å²) in [6, 6.07) is 0. The highest BCUT2D eigenvalue weighted by Gasteiger charge is 2.21. The first-order valence-electron chi connectivity index (χ1n) is 2.92. The molecule has 0 unspecified atom stereocenters. The molecule has 0 aromatic rings. The van der Waals surface area contributed by atoms with Gasteiger partial charge in [-0.1, -0.05) is 6.92 Å². The smallest absolute Gasteiger partial charge is 0.104 e. The van der Waals surface area contributed by atoms with Gasteiger partial charge >= 0.3 is 0 Å². The Morgan fingerprint density at radius 1 is 1.75 bits per heavy atom. The Kier molecular flexibility index (Phi) is 2.30. The molecule has 0 aromatic carbocycles. The molecule has 1 heterocycles. The van der Waals surface area contributed by atoms with Crippen molar-refractivity contribution < 1.29 is 9.47 Å². The quantitative estimate of drug-likeness (QED) is 0.396. The van der Waals surface area contributed by atoms with Crippen LogP contribution in [0.25, 0.3) is 0 Å². The summed E-state index contributed by atoms with van der Waals surface area (Å²) < 4.78 is 10.0. The largest absolute Gasteiger partial charge is 0.379 e. The molecule has 47 valence electrons. The summed E-state index contributed by atoms with van der Waals surface area (Å²) in [7, 11) is 0. The number of epoxide rings is 1. The number of hydrogen-bond donors (Lipinski definition) is 0. The lowest BCUT2D eigenvalue weighted by Crippen LogP contribution is -2.01. The van der Waals surface area contributed by atoms with Gasteiger partial charge < -0.3 is 9.47 Å². The molecule has 1 fully saturated rings. The van der Waals surface area contributed by atoms with E-state index in [1.165, 1.54) is 0 Å². The zero-order chi connectivity index (χ0) is 5.82. The Bertz CT molecular complexity index is 59.5. The van der Waals surface area contributed by atoms with Crippen LogP contribution < -0.4 is 0 Å². The van der Waals surface area contributed by atoms with E-state index in [0.29, 0.717) is 6.10 Å². The molecule has 0 N–H and O–H groups in total. The molecule has 1 atom stereocenters. The number of hydrogen-bond acceptors (Lipinski definition) is 2. The van der Waals surface area contributed by atoms with Crippen LogP contribution in [0.15, 0.2) is 0 Å². The predicted molar refractivity (Wildman–Crippen MR) is 30.5 cm³/mol. The van der Waals surface area contributed by atoms with Gasteiger partial charge in [-0.3, -0.25) is 0 Å². The fourth-order valence-corrected chi connectivity index (χ4v) is 0.481. The fourth-order valence-electron chi connectivity index (χ4n) is 0.481. The maximum Gasteiger partial charge on any atom is 0.104 e. The van der Waals surface area contributed by atoms with Crippen LogP contribution in [0.5, 0.6) is 0 Å². The monoisotopic (exact) mass is 115 g/mol. The third-order valence-corrected chi connectivity index (χ3v) is 0.995. The highest BCUT2D eigenvalue weighted by Crippen LogP contribution is 2.08. The molecule has 0 aliphatic carbocycles. The van der Waals surface area contributed by atoms with E-state index in [1.807, 2.05) is 0 Å². The molecule has 0 saturated carbocycles. The number of rotatable bonds is 4.